The van der Waals surface area contributed by atoms with E-state index in [0.717, 1.165) is 16.6 Å². The van der Waals surface area contributed by atoms with E-state index in [1.165, 1.54) is 0 Å². The van der Waals surface area contributed by atoms with E-state index in [1.54, 1.807) is 4.68 Å². The minimum absolute atomic E-state index is 0.200. The molecule has 2 aromatic heterocycles. The second-order valence-corrected chi connectivity index (χ2v) is 5.06. The van der Waals surface area contributed by atoms with Crippen LogP contribution >= 0.6 is 0 Å². The first-order valence-electron chi connectivity index (χ1n) is 6.52. The van der Waals surface area contributed by atoms with E-state index in [4.69, 9.17) is 5.73 Å². The number of fused-ring (bicyclic) bond motifs is 1. The number of hydrogen-bond acceptors (Lipinski definition) is 5. The molecule has 0 bridgehead atoms. The van der Waals surface area contributed by atoms with Gasteiger partial charge in [-0.1, -0.05) is 31.2 Å². The molecule has 0 aliphatic carbocycles. The lowest BCUT2D eigenvalue weighted by atomic mass is 10.2. The molecule has 102 valence electrons. The summed E-state index contributed by atoms with van der Waals surface area (Å²) in [5, 5.41) is 8.34. The minimum Gasteiger partial charge on any atom is -0.383 e. The van der Waals surface area contributed by atoms with Gasteiger partial charge in [-0.05, 0) is 19.1 Å². The molecule has 0 saturated heterocycles. The van der Waals surface area contributed by atoms with Gasteiger partial charge in [0.1, 0.15) is 17.2 Å². The monoisotopic (exact) mass is 268 g/mol. The molecular weight excluding hydrogens is 252 g/mol. The standard InChI is InChI=1S/C14H16N6/c1-8(2)13-16-12(15)9(3)14(17-13)20-11-7-5-4-6-10(11)18-19-20/h4-8H,1-3H3,(H2,15,16,17). The summed E-state index contributed by atoms with van der Waals surface area (Å²) in [6.07, 6.45) is 0. The second kappa shape index (κ2) is 4.56. The Morgan fingerprint density at radius 3 is 2.65 bits per heavy atom. The summed E-state index contributed by atoms with van der Waals surface area (Å²) in [6, 6.07) is 7.76. The fourth-order valence-electron chi connectivity index (χ4n) is 2.03. The summed E-state index contributed by atoms with van der Waals surface area (Å²) < 4.78 is 1.72. The van der Waals surface area contributed by atoms with Crippen LogP contribution in [0.5, 0.6) is 0 Å². The summed E-state index contributed by atoms with van der Waals surface area (Å²) in [5.74, 6) is 2.09. The van der Waals surface area contributed by atoms with E-state index < -0.39 is 0 Å². The smallest absolute Gasteiger partial charge is 0.164 e. The maximum Gasteiger partial charge on any atom is 0.164 e. The Labute approximate surface area is 116 Å². The highest BCUT2D eigenvalue weighted by atomic mass is 15.4. The first-order chi connectivity index (χ1) is 9.58. The van der Waals surface area contributed by atoms with Crippen molar-refractivity contribution in [2.45, 2.75) is 26.7 Å². The van der Waals surface area contributed by atoms with Gasteiger partial charge in [-0.3, -0.25) is 0 Å². The second-order valence-electron chi connectivity index (χ2n) is 5.06. The Morgan fingerprint density at radius 2 is 1.90 bits per heavy atom. The molecule has 2 N–H and O–H groups in total. The number of rotatable bonds is 2. The Kier molecular flexibility index (Phi) is 2.85. The number of hydrogen-bond donors (Lipinski definition) is 1. The Hall–Kier alpha value is -2.50. The Morgan fingerprint density at radius 1 is 1.15 bits per heavy atom. The third kappa shape index (κ3) is 1.89. The van der Waals surface area contributed by atoms with E-state index in [9.17, 15) is 0 Å². The third-order valence-electron chi connectivity index (χ3n) is 3.24. The van der Waals surface area contributed by atoms with Crippen molar-refractivity contribution in [2.24, 2.45) is 0 Å². The number of nitrogens with zero attached hydrogens (tertiary/aromatic N) is 5. The van der Waals surface area contributed by atoms with Crippen molar-refractivity contribution in [3.05, 3.63) is 35.7 Å². The van der Waals surface area contributed by atoms with E-state index in [-0.39, 0.29) is 5.92 Å². The maximum atomic E-state index is 6.00. The molecule has 0 fully saturated rings. The summed E-state index contributed by atoms with van der Waals surface area (Å²) in [6.45, 7) is 5.96. The highest BCUT2D eigenvalue weighted by molar-refractivity contribution is 5.76. The normalized spacial score (nSPS) is 11.4. The van der Waals surface area contributed by atoms with Gasteiger partial charge in [0.15, 0.2) is 5.82 Å². The molecule has 6 nitrogen and oxygen atoms in total. The largest absolute Gasteiger partial charge is 0.383 e. The van der Waals surface area contributed by atoms with E-state index in [0.29, 0.717) is 17.5 Å². The predicted molar refractivity (Wildman–Crippen MR) is 77.7 cm³/mol. The van der Waals surface area contributed by atoms with E-state index in [2.05, 4.69) is 20.3 Å². The molecule has 20 heavy (non-hydrogen) atoms. The molecule has 2 heterocycles. The zero-order chi connectivity index (χ0) is 14.3. The van der Waals surface area contributed by atoms with Crippen LogP contribution in [0.15, 0.2) is 24.3 Å². The molecule has 0 unspecified atom stereocenters. The van der Waals surface area contributed by atoms with Gasteiger partial charge >= 0.3 is 0 Å². The summed E-state index contributed by atoms with van der Waals surface area (Å²) in [5.41, 5.74) is 8.54. The van der Waals surface area contributed by atoms with Crippen molar-refractivity contribution in [2.75, 3.05) is 5.73 Å². The number of benzene rings is 1. The summed E-state index contributed by atoms with van der Waals surface area (Å²) >= 11 is 0. The van der Waals surface area contributed by atoms with Crippen LogP contribution in [0, 0.1) is 6.92 Å². The van der Waals surface area contributed by atoms with Gasteiger partial charge in [0, 0.05) is 11.5 Å². The molecule has 1 aromatic carbocycles. The number of nitrogen functional groups attached to an aromatic ring is 1. The van der Waals surface area contributed by atoms with Crippen LogP contribution in [0.2, 0.25) is 0 Å². The van der Waals surface area contributed by atoms with Crippen LogP contribution in [0.4, 0.5) is 5.82 Å². The first-order valence-corrected chi connectivity index (χ1v) is 6.52. The van der Waals surface area contributed by atoms with Gasteiger partial charge < -0.3 is 5.73 Å². The number of anilines is 1. The fourth-order valence-corrected chi connectivity index (χ4v) is 2.03. The molecule has 0 aliphatic rings. The zero-order valence-electron chi connectivity index (χ0n) is 11.7. The number of aromatic nitrogens is 5. The highest BCUT2D eigenvalue weighted by Gasteiger charge is 2.15. The molecule has 0 spiro atoms. The van der Waals surface area contributed by atoms with Gasteiger partial charge in [-0.2, -0.15) is 4.68 Å². The lowest BCUT2D eigenvalue weighted by Crippen LogP contribution is -2.11. The summed E-state index contributed by atoms with van der Waals surface area (Å²) in [7, 11) is 0. The molecule has 0 amide bonds. The lowest BCUT2D eigenvalue weighted by molar-refractivity contribution is 0.734. The predicted octanol–water partition coefficient (Wildman–Crippen LogP) is 2.22. The average Bonchev–Trinajstić information content (AvgIpc) is 2.85. The van der Waals surface area contributed by atoms with E-state index >= 15 is 0 Å². The van der Waals surface area contributed by atoms with Crippen molar-refractivity contribution < 1.29 is 0 Å². The zero-order valence-corrected chi connectivity index (χ0v) is 11.7. The molecule has 0 aliphatic heterocycles. The van der Waals surface area contributed by atoms with Crippen LogP contribution in [-0.2, 0) is 0 Å². The SMILES string of the molecule is Cc1c(N)nc(C(C)C)nc1-n1nnc2ccccc21. The van der Waals surface area contributed by atoms with Gasteiger partial charge in [0.05, 0.1) is 5.52 Å². The van der Waals surface area contributed by atoms with Crippen LogP contribution in [0.1, 0.15) is 31.2 Å². The molecule has 6 heteroatoms. The van der Waals surface area contributed by atoms with Crippen LogP contribution in [0.3, 0.4) is 0 Å². The van der Waals surface area contributed by atoms with Crippen molar-refractivity contribution in [1.29, 1.82) is 0 Å². The van der Waals surface area contributed by atoms with Gasteiger partial charge in [0.2, 0.25) is 0 Å². The molecule has 0 atom stereocenters. The van der Waals surface area contributed by atoms with Crippen molar-refractivity contribution in [3.63, 3.8) is 0 Å². The Bertz CT molecular complexity index is 774. The molecule has 0 radical (unpaired) electrons. The molecule has 3 rings (SSSR count). The maximum absolute atomic E-state index is 6.00. The molecule has 0 saturated carbocycles. The van der Waals surface area contributed by atoms with Gasteiger partial charge in [-0.15, -0.1) is 5.10 Å². The topological polar surface area (TPSA) is 82.5 Å². The minimum atomic E-state index is 0.200. The Balaban J connectivity index is 2.28. The van der Waals surface area contributed by atoms with Crippen molar-refractivity contribution in [1.82, 2.24) is 25.0 Å². The first kappa shape index (κ1) is 12.5. The highest BCUT2D eigenvalue weighted by Crippen LogP contribution is 2.22. The lowest BCUT2D eigenvalue weighted by Gasteiger charge is -2.11. The number of nitrogens with two attached hydrogens (primary N) is 1. The van der Waals surface area contributed by atoms with Crippen LogP contribution in [0.25, 0.3) is 16.9 Å². The third-order valence-corrected chi connectivity index (χ3v) is 3.24. The molecule has 3 aromatic rings. The quantitative estimate of drug-likeness (QED) is 0.770. The van der Waals surface area contributed by atoms with Gasteiger partial charge in [-0.25, -0.2) is 9.97 Å². The average molecular weight is 268 g/mol. The summed E-state index contributed by atoms with van der Waals surface area (Å²) in [4.78, 5) is 8.92. The van der Waals surface area contributed by atoms with Crippen LogP contribution < -0.4 is 5.73 Å². The van der Waals surface area contributed by atoms with Gasteiger partial charge in [0.25, 0.3) is 0 Å². The van der Waals surface area contributed by atoms with Crippen LogP contribution in [-0.4, -0.2) is 25.0 Å². The van der Waals surface area contributed by atoms with Crippen molar-refractivity contribution >= 4 is 16.9 Å². The molecular formula is C14H16N6. The fraction of sp³-hybridized carbons (Fsp3) is 0.286. The number of para-hydroxylation sites is 1. The van der Waals surface area contributed by atoms with Crippen molar-refractivity contribution in [3.8, 4) is 5.82 Å². The van der Waals surface area contributed by atoms with E-state index in [1.807, 2.05) is 45.0 Å².